The van der Waals surface area contributed by atoms with E-state index in [1.165, 1.54) is 7.11 Å². The third kappa shape index (κ3) is 4.76. The highest BCUT2D eigenvalue weighted by Crippen LogP contribution is 2.29. The molecule has 8 heteroatoms. The minimum absolute atomic E-state index is 0.346. The zero-order valence-corrected chi connectivity index (χ0v) is 18.5. The van der Waals surface area contributed by atoms with Crippen LogP contribution in [0.4, 0.5) is 0 Å². The second-order valence-corrected chi connectivity index (χ2v) is 8.37. The molecule has 0 N–H and O–H groups in total. The first-order valence-electron chi connectivity index (χ1n) is 9.55. The summed E-state index contributed by atoms with van der Waals surface area (Å²) < 4.78 is 6.80. The Morgan fingerprint density at radius 2 is 1.90 bits per heavy atom. The lowest BCUT2D eigenvalue weighted by molar-refractivity contribution is 0.0601. The summed E-state index contributed by atoms with van der Waals surface area (Å²) in [5, 5.41) is 12.6. The molecule has 2 aromatic carbocycles. The van der Waals surface area contributed by atoms with Crippen molar-refractivity contribution in [2.45, 2.75) is 17.5 Å². The molecular weight excluding hydrogens is 428 g/mol. The Hall–Kier alpha value is -3.23. The number of benzene rings is 2. The monoisotopic (exact) mass is 448 g/mol. The van der Waals surface area contributed by atoms with Crippen molar-refractivity contribution in [3.8, 4) is 22.0 Å². The van der Waals surface area contributed by atoms with Gasteiger partial charge in [-0.1, -0.05) is 60.3 Å². The summed E-state index contributed by atoms with van der Waals surface area (Å²) in [6, 6.07) is 17.3. The number of esters is 1. The number of carbonyl (C=O) groups excluding carboxylic acids is 1. The van der Waals surface area contributed by atoms with Crippen molar-refractivity contribution in [2.24, 2.45) is 0 Å². The molecule has 0 saturated heterocycles. The van der Waals surface area contributed by atoms with Gasteiger partial charge in [-0.05, 0) is 12.1 Å². The van der Waals surface area contributed by atoms with Gasteiger partial charge in [0, 0.05) is 28.8 Å². The van der Waals surface area contributed by atoms with Crippen LogP contribution >= 0.6 is 23.1 Å². The van der Waals surface area contributed by atoms with Crippen molar-refractivity contribution in [1.82, 2.24) is 19.7 Å². The van der Waals surface area contributed by atoms with E-state index >= 15 is 0 Å². The van der Waals surface area contributed by atoms with E-state index in [0.29, 0.717) is 17.9 Å². The van der Waals surface area contributed by atoms with Gasteiger partial charge in [-0.2, -0.15) is 0 Å². The third-order valence-corrected chi connectivity index (χ3v) is 6.45. The highest BCUT2D eigenvalue weighted by Gasteiger charge is 2.14. The molecule has 4 rings (SSSR count). The molecule has 0 spiro atoms. The van der Waals surface area contributed by atoms with E-state index in [4.69, 9.17) is 9.72 Å². The van der Waals surface area contributed by atoms with Crippen LogP contribution in [-0.2, 0) is 17.0 Å². The van der Waals surface area contributed by atoms with Gasteiger partial charge < -0.3 is 4.74 Å². The van der Waals surface area contributed by atoms with Gasteiger partial charge in [-0.15, -0.1) is 28.1 Å². The highest BCUT2D eigenvalue weighted by molar-refractivity contribution is 7.98. The Labute approximate surface area is 188 Å². The molecule has 2 aromatic heterocycles. The summed E-state index contributed by atoms with van der Waals surface area (Å²) in [7, 11) is 1.37. The van der Waals surface area contributed by atoms with Gasteiger partial charge in [-0.25, -0.2) is 9.78 Å². The molecule has 0 saturated carbocycles. The first kappa shape index (κ1) is 21.0. The van der Waals surface area contributed by atoms with Crippen LogP contribution in [0, 0.1) is 0 Å². The SMILES string of the molecule is C=CCn1c(SCc2csc(-c3ccc(C(=O)OC)cc3)n2)nnc1-c1ccccc1. The number of methoxy groups -OCH3 is 1. The second-order valence-electron chi connectivity index (χ2n) is 6.57. The second kappa shape index (κ2) is 9.72. The van der Waals surface area contributed by atoms with Gasteiger partial charge in [-0.3, -0.25) is 4.57 Å². The van der Waals surface area contributed by atoms with Crippen LogP contribution in [0.2, 0.25) is 0 Å². The summed E-state index contributed by atoms with van der Waals surface area (Å²) >= 11 is 3.17. The maximum atomic E-state index is 11.6. The van der Waals surface area contributed by atoms with Gasteiger partial charge >= 0.3 is 5.97 Å². The number of hydrogen-bond acceptors (Lipinski definition) is 7. The topological polar surface area (TPSA) is 69.9 Å². The van der Waals surface area contributed by atoms with Crippen LogP contribution in [0.5, 0.6) is 0 Å². The van der Waals surface area contributed by atoms with Crippen LogP contribution in [0.1, 0.15) is 16.1 Å². The maximum absolute atomic E-state index is 11.6. The zero-order chi connectivity index (χ0) is 21.6. The van der Waals surface area contributed by atoms with E-state index in [1.54, 1.807) is 35.2 Å². The number of allylic oxidation sites excluding steroid dienone is 1. The molecule has 0 unspecified atom stereocenters. The van der Waals surface area contributed by atoms with E-state index in [-0.39, 0.29) is 5.97 Å². The van der Waals surface area contributed by atoms with Crippen LogP contribution in [0.3, 0.4) is 0 Å². The fourth-order valence-electron chi connectivity index (χ4n) is 3.00. The van der Waals surface area contributed by atoms with Gasteiger partial charge in [0.1, 0.15) is 5.01 Å². The van der Waals surface area contributed by atoms with Gasteiger partial charge in [0.15, 0.2) is 11.0 Å². The number of carbonyl (C=O) groups is 1. The van der Waals surface area contributed by atoms with Crippen molar-refractivity contribution in [3.05, 3.63) is 83.9 Å². The van der Waals surface area contributed by atoms with Crippen molar-refractivity contribution in [3.63, 3.8) is 0 Å². The molecule has 0 fully saturated rings. The van der Waals surface area contributed by atoms with Crippen LogP contribution in [-0.4, -0.2) is 32.8 Å². The Balaban J connectivity index is 1.48. The number of rotatable bonds is 8. The molecule has 0 atom stereocenters. The highest BCUT2D eigenvalue weighted by atomic mass is 32.2. The third-order valence-electron chi connectivity index (χ3n) is 4.51. The predicted octanol–water partition coefficient (Wildman–Crippen LogP) is 5.33. The maximum Gasteiger partial charge on any atom is 0.337 e. The molecule has 156 valence electrons. The largest absolute Gasteiger partial charge is 0.465 e. The van der Waals surface area contributed by atoms with Crippen molar-refractivity contribution < 1.29 is 9.53 Å². The molecule has 4 aromatic rings. The predicted molar refractivity (Wildman–Crippen MR) is 124 cm³/mol. The minimum atomic E-state index is -0.346. The van der Waals surface area contributed by atoms with Crippen LogP contribution in [0.15, 0.2) is 77.8 Å². The van der Waals surface area contributed by atoms with Crippen molar-refractivity contribution in [2.75, 3.05) is 7.11 Å². The number of ether oxygens (including phenoxy) is 1. The molecule has 2 heterocycles. The summed E-state index contributed by atoms with van der Waals surface area (Å²) in [4.78, 5) is 16.3. The average molecular weight is 449 g/mol. The minimum Gasteiger partial charge on any atom is -0.465 e. The van der Waals surface area contributed by atoms with Crippen LogP contribution in [0.25, 0.3) is 22.0 Å². The van der Waals surface area contributed by atoms with E-state index in [2.05, 4.69) is 21.3 Å². The van der Waals surface area contributed by atoms with Gasteiger partial charge in [0.2, 0.25) is 0 Å². The van der Waals surface area contributed by atoms with E-state index in [1.807, 2.05) is 53.9 Å². The van der Waals surface area contributed by atoms with E-state index in [0.717, 1.165) is 32.8 Å². The number of thioether (sulfide) groups is 1. The molecule has 6 nitrogen and oxygen atoms in total. The van der Waals surface area contributed by atoms with Crippen molar-refractivity contribution >= 4 is 29.1 Å². The Morgan fingerprint density at radius 3 is 2.61 bits per heavy atom. The standard InChI is InChI=1S/C23H20N4O2S2/c1-3-13-27-20(16-7-5-4-6-8-16)25-26-23(27)31-15-19-14-30-21(24-19)17-9-11-18(12-10-17)22(28)29-2/h3-12,14H,1,13,15H2,2H3. The smallest absolute Gasteiger partial charge is 0.337 e. The molecule has 0 aliphatic carbocycles. The lowest BCUT2D eigenvalue weighted by atomic mass is 10.1. The number of hydrogen-bond donors (Lipinski definition) is 0. The molecular formula is C23H20N4O2S2. The fraction of sp³-hybridized carbons (Fsp3) is 0.130. The zero-order valence-electron chi connectivity index (χ0n) is 16.9. The number of nitrogens with zero attached hydrogens (tertiary/aromatic N) is 4. The molecule has 0 aliphatic rings. The normalized spacial score (nSPS) is 10.7. The first-order valence-corrected chi connectivity index (χ1v) is 11.4. The Bertz CT molecular complexity index is 1180. The van der Waals surface area contributed by atoms with Crippen LogP contribution < -0.4 is 0 Å². The number of aromatic nitrogens is 4. The summed E-state index contributed by atoms with van der Waals surface area (Å²) in [5.74, 6) is 1.16. The Morgan fingerprint density at radius 1 is 1.13 bits per heavy atom. The average Bonchev–Trinajstić information content (AvgIpc) is 3.45. The Kier molecular flexibility index (Phi) is 6.59. The molecule has 0 amide bonds. The fourth-order valence-corrected chi connectivity index (χ4v) is 4.77. The lowest BCUT2D eigenvalue weighted by Crippen LogP contribution is -2.00. The van der Waals surface area contributed by atoms with E-state index < -0.39 is 0 Å². The summed E-state index contributed by atoms with van der Waals surface area (Å²) in [6.07, 6.45) is 1.85. The quantitative estimate of drug-likeness (QED) is 0.206. The molecule has 0 bridgehead atoms. The van der Waals surface area contributed by atoms with E-state index in [9.17, 15) is 4.79 Å². The van der Waals surface area contributed by atoms with Crippen molar-refractivity contribution in [1.29, 1.82) is 0 Å². The molecule has 0 radical (unpaired) electrons. The lowest BCUT2D eigenvalue weighted by Gasteiger charge is -2.07. The van der Waals surface area contributed by atoms with Gasteiger partial charge in [0.05, 0.1) is 18.4 Å². The molecule has 31 heavy (non-hydrogen) atoms. The molecule has 0 aliphatic heterocycles. The number of thiazole rings is 1. The summed E-state index contributed by atoms with van der Waals surface area (Å²) in [6.45, 7) is 4.50. The summed E-state index contributed by atoms with van der Waals surface area (Å²) in [5.41, 5.74) is 3.48. The van der Waals surface area contributed by atoms with Gasteiger partial charge in [0.25, 0.3) is 0 Å². The first-order chi connectivity index (χ1) is 15.2.